The number of fused-ring (bicyclic) bond motifs is 4. The molecular weight excluding hydrogens is 406 g/mol. The maximum atomic E-state index is 4.79. The van der Waals surface area contributed by atoms with Gasteiger partial charge in [0, 0.05) is 60.3 Å². The number of aromatic nitrogens is 4. The summed E-state index contributed by atoms with van der Waals surface area (Å²) in [5.41, 5.74) is 5.72. The summed E-state index contributed by atoms with van der Waals surface area (Å²) in [4.78, 5) is 6.53. The van der Waals surface area contributed by atoms with Gasteiger partial charge in [0.2, 0.25) is 0 Å². The second kappa shape index (κ2) is 8.89. The van der Waals surface area contributed by atoms with Crippen LogP contribution in [-0.4, -0.2) is 33.3 Å². The summed E-state index contributed by atoms with van der Waals surface area (Å²) in [5, 5.41) is 7.41. The van der Waals surface area contributed by atoms with Crippen molar-refractivity contribution in [2.75, 3.05) is 19.0 Å². The van der Waals surface area contributed by atoms with Crippen molar-refractivity contribution in [1.29, 1.82) is 0 Å². The van der Waals surface area contributed by atoms with Gasteiger partial charge >= 0.3 is 0 Å². The first-order chi connectivity index (χ1) is 16.1. The van der Waals surface area contributed by atoms with E-state index in [0.717, 1.165) is 29.3 Å². The van der Waals surface area contributed by atoms with Crippen molar-refractivity contribution in [2.24, 2.45) is 5.92 Å². The van der Waals surface area contributed by atoms with Crippen molar-refractivity contribution < 1.29 is 0 Å². The Kier molecular flexibility index (Phi) is 5.79. The van der Waals surface area contributed by atoms with Crippen molar-refractivity contribution in [1.82, 2.24) is 19.2 Å². The highest BCUT2D eigenvalue weighted by atomic mass is 15.3. The molecule has 5 nitrogen and oxygen atoms in total. The smallest absolute Gasteiger partial charge is 0.157 e. The van der Waals surface area contributed by atoms with Gasteiger partial charge in [0.05, 0.1) is 5.69 Å². The average molecular weight is 440 g/mol. The van der Waals surface area contributed by atoms with Crippen LogP contribution in [0.2, 0.25) is 0 Å². The molecular formula is C28H33N5. The molecule has 3 aromatic heterocycles. The molecule has 3 heterocycles. The molecule has 5 rings (SSSR count). The summed E-state index contributed by atoms with van der Waals surface area (Å²) in [7, 11) is 4.01. The zero-order valence-electron chi connectivity index (χ0n) is 20.1. The van der Waals surface area contributed by atoms with Crippen LogP contribution in [-0.2, 0) is 6.54 Å². The molecule has 0 aliphatic carbocycles. The average Bonchev–Trinajstić information content (AvgIpc) is 3.41. The maximum Gasteiger partial charge on any atom is 0.157 e. The van der Waals surface area contributed by atoms with Gasteiger partial charge in [0.15, 0.2) is 11.5 Å². The first kappa shape index (κ1) is 21.5. The van der Waals surface area contributed by atoms with Crippen molar-refractivity contribution in [3.05, 3.63) is 60.8 Å². The molecule has 5 aromatic rings. The highest BCUT2D eigenvalue weighted by molar-refractivity contribution is 6.09. The van der Waals surface area contributed by atoms with Gasteiger partial charge in [-0.05, 0) is 36.6 Å². The van der Waals surface area contributed by atoms with Crippen molar-refractivity contribution in [2.45, 2.75) is 46.1 Å². The summed E-state index contributed by atoms with van der Waals surface area (Å²) >= 11 is 0. The largest absolute Gasteiger partial charge is 0.361 e. The van der Waals surface area contributed by atoms with E-state index in [1.54, 1.807) is 0 Å². The third-order valence-electron chi connectivity index (χ3n) is 6.86. The van der Waals surface area contributed by atoms with Crippen LogP contribution in [0.25, 0.3) is 38.7 Å². The van der Waals surface area contributed by atoms with Crippen LogP contribution in [0.4, 0.5) is 5.82 Å². The molecule has 0 fully saturated rings. The van der Waals surface area contributed by atoms with Gasteiger partial charge in [-0.25, -0.2) is 9.50 Å². The molecule has 2 aromatic carbocycles. The van der Waals surface area contributed by atoms with Crippen LogP contribution in [0.15, 0.2) is 60.8 Å². The number of anilines is 1. The van der Waals surface area contributed by atoms with E-state index in [1.165, 1.54) is 47.5 Å². The standard InChI is InChI=1S/C28H33N5/c1-5-7-10-20(6-2)19-32-25-12-9-8-11-22(25)23-17-21(13-14-26(23)32)24-15-16-29-27-18-28(31(3)4)30-33(24)27/h8-9,11-18,20H,5-7,10,19H2,1-4H3. The second-order valence-electron chi connectivity index (χ2n) is 9.27. The normalized spacial score (nSPS) is 12.7. The molecule has 33 heavy (non-hydrogen) atoms. The lowest BCUT2D eigenvalue weighted by molar-refractivity contribution is 0.401. The van der Waals surface area contributed by atoms with E-state index in [9.17, 15) is 0 Å². The van der Waals surface area contributed by atoms with Crippen LogP contribution in [0.1, 0.15) is 39.5 Å². The minimum atomic E-state index is 0.706. The Morgan fingerprint density at radius 1 is 0.939 bits per heavy atom. The molecule has 0 aliphatic heterocycles. The zero-order chi connectivity index (χ0) is 22.9. The van der Waals surface area contributed by atoms with Gasteiger partial charge in [-0.1, -0.05) is 57.4 Å². The Balaban J connectivity index is 1.65. The first-order valence-electron chi connectivity index (χ1n) is 12.1. The third kappa shape index (κ3) is 3.86. The quantitative estimate of drug-likeness (QED) is 0.267. The molecule has 5 heteroatoms. The summed E-state index contributed by atoms with van der Waals surface area (Å²) in [6.07, 6.45) is 6.95. The number of unbranched alkanes of at least 4 members (excludes halogenated alkanes) is 1. The van der Waals surface area contributed by atoms with E-state index in [0.29, 0.717) is 5.92 Å². The first-order valence-corrected chi connectivity index (χ1v) is 12.1. The molecule has 0 aliphatic rings. The van der Waals surface area contributed by atoms with E-state index < -0.39 is 0 Å². The molecule has 0 radical (unpaired) electrons. The van der Waals surface area contributed by atoms with Gasteiger partial charge < -0.3 is 9.47 Å². The Labute approximate surface area is 195 Å². The molecule has 1 unspecified atom stereocenters. The van der Waals surface area contributed by atoms with E-state index in [1.807, 2.05) is 35.8 Å². The van der Waals surface area contributed by atoms with Crippen molar-refractivity contribution in [3.8, 4) is 11.3 Å². The number of nitrogens with zero attached hydrogens (tertiary/aromatic N) is 5. The molecule has 0 N–H and O–H groups in total. The topological polar surface area (TPSA) is 38.4 Å². The molecule has 0 spiro atoms. The van der Waals surface area contributed by atoms with Crippen LogP contribution in [0, 0.1) is 5.92 Å². The summed E-state index contributed by atoms with van der Waals surface area (Å²) in [6, 6.07) is 19.8. The minimum Gasteiger partial charge on any atom is -0.361 e. The van der Waals surface area contributed by atoms with Gasteiger partial charge in [0.1, 0.15) is 0 Å². The highest BCUT2D eigenvalue weighted by Gasteiger charge is 2.16. The fourth-order valence-electron chi connectivity index (χ4n) is 4.91. The SMILES string of the molecule is CCCCC(CC)Cn1c2ccccc2c2cc(-c3ccnc4cc(N(C)C)nn34)ccc21. The number of para-hydroxylation sites is 1. The molecule has 0 saturated carbocycles. The van der Waals surface area contributed by atoms with Crippen LogP contribution in [0.3, 0.4) is 0 Å². The Hall–Kier alpha value is -3.34. The van der Waals surface area contributed by atoms with E-state index in [2.05, 4.69) is 71.9 Å². The van der Waals surface area contributed by atoms with Crippen molar-refractivity contribution >= 4 is 33.3 Å². The monoisotopic (exact) mass is 439 g/mol. The van der Waals surface area contributed by atoms with E-state index in [4.69, 9.17) is 5.10 Å². The van der Waals surface area contributed by atoms with Gasteiger partial charge in [0.25, 0.3) is 0 Å². The molecule has 0 amide bonds. The fourth-order valence-corrected chi connectivity index (χ4v) is 4.91. The van der Waals surface area contributed by atoms with Crippen LogP contribution < -0.4 is 4.90 Å². The van der Waals surface area contributed by atoms with Gasteiger partial charge in [-0.2, -0.15) is 0 Å². The van der Waals surface area contributed by atoms with Crippen LogP contribution >= 0.6 is 0 Å². The third-order valence-corrected chi connectivity index (χ3v) is 6.86. The van der Waals surface area contributed by atoms with E-state index in [-0.39, 0.29) is 0 Å². The molecule has 1 atom stereocenters. The summed E-state index contributed by atoms with van der Waals surface area (Å²) in [5.74, 6) is 1.61. The number of hydrogen-bond donors (Lipinski definition) is 0. The van der Waals surface area contributed by atoms with Crippen LogP contribution in [0.5, 0.6) is 0 Å². The predicted octanol–water partition coefficient (Wildman–Crippen LogP) is 6.79. The Morgan fingerprint density at radius 2 is 1.76 bits per heavy atom. The fraction of sp³-hybridized carbons (Fsp3) is 0.357. The lowest BCUT2D eigenvalue weighted by Crippen LogP contribution is -2.10. The maximum absolute atomic E-state index is 4.79. The molecule has 0 saturated heterocycles. The number of hydrogen-bond acceptors (Lipinski definition) is 3. The van der Waals surface area contributed by atoms with Gasteiger partial charge in [-0.15, -0.1) is 5.10 Å². The van der Waals surface area contributed by atoms with Crippen molar-refractivity contribution in [3.63, 3.8) is 0 Å². The summed E-state index contributed by atoms with van der Waals surface area (Å²) in [6.45, 7) is 5.68. The highest BCUT2D eigenvalue weighted by Crippen LogP contribution is 2.34. The number of rotatable bonds is 8. The lowest BCUT2D eigenvalue weighted by Gasteiger charge is -2.17. The Bertz CT molecular complexity index is 1410. The van der Waals surface area contributed by atoms with Gasteiger partial charge in [-0.3, -0.25) is 0 Å². The van der Waals surface area contributed by atoms with E-state index >= 15 is 0 Å². The predicted molar refractivity (Wildman–Crippen MR) is 139 cm³/mol. The Morgan fingerprint density at radius 3 is 2.55 bits per heavy atom. The summed E-state index contributed by atoms with van der Waals surface area (Å²) < 4.78 is 4.49. The number of benzene rings is 2. The molecule has 170 valence electrons. The second-order valence-corrected chi connectivity index (χ2v) is 9.27. The minimum absolute atomic E-state index is 0.706. The lowest BCUT2D eigenvalue weighted by atomic mass is 9.99. The zero-order valence-corrected chi connectivity index (χ0v) is 20.1. The molecule has 0 bridgehead atoms.